The number of rotatable bonds is 2. The SMILES string of the molecule is O=C1CCN(C2CC2)[C@@H](c2ccccc2)C1. The summed E-state index contributed by atoms with van der Waals surface area (Å²) in [5.74, 6) is 0.422. The third kappa shape index (κ3) is 1.90. The van der Waals surface area contributed by atoms with Crippen LogP contribution in [0.1, 0.15) is 37.3 Å². The molecule has 0 spiro atoms. The molecule has 2 heteroatoms. The molecule has 1 aliphatic heterocycles. The van der Waals surface area contributed by atoms with Crippen molar-refractivity contribution < 1.29 is 4.79 Å². The lowest BCUT2D eigenvalue weighted by atomic mass is 9.94. The summed E-state index contributed by atoms with van der Waals surface area (Å²) in [5.41, 5.74) is 1.31. The van der Waals surface area contributed by atoms with Crippen LogP contribution >= 0.6 is 0 Å². The summed E-state index contributed by atoms with van der Waals surface area (Å²) < 4.78 is 0. The molecule has 0 unspecified atom stereocenters. The first-order valence-electron chi connectivity index (χ1n) is 6.17. The van der Waals surface area contributed by atoms with Crippen molar-refractivity contribution in [3.05, 3.63) is 35.9 Å². The van der Waals surface area contributed by atoms with Gasteiger partial charge in [-0.25, -0.2) is 0 Å². The van der Waals surface area contributed by atoms with Crippen LogP contribution in [0.15, 0.2) is 30.3 Å². The highest BCUT2D eigenvalue weighted by molar-refractivity contribution is 5.80. The standard InChI is InChI=1S/C14H17NO/c16-13-8-9-15(12-6-7-12)14(10-13)11-4-2-1-3-5-11/h1-5,12,14H,6-10H2/t14-/m1/s1. The average molecular weight is 215 g/mol. The number of hydrogen-bond acceptors (Lipinski definition) is 2. The van der Waals surface area contributed by atoms with Gasteiger partial charge in [0.15, 0.2) is 0 Å². The lowest BCUT2D eigenvalue weighted by Crippen LogP contribution is -2.38. The van der Waals surface area contributed by atoms with Crippen LogP contribution < -0.4 is 0 Å². The van der Waals surface area contributed by atoms with E-state index in [1.807, 2.05) is 6.07 Å². The topological polar surface area (TPSA) is 20.3 Å². The van der Waals surface area contributed by atoms with E-state index in [1.54, 1.807) is 0 Å². The fourth-order valence-corrected chi connectivity index (χ4v) is 2.67. The highest BCUT2D eigenvalue weighted by Crippen LogP contribution is 2.38. The predicted octanol–water partition coefficient (Wildman–Crippen LogP) is 2.56. The third-order valence-electron chi connectivity index (χ3n) is 3.67. The summed E-state index contributed by atoms with van der Waals surface area (Å²) in [6, 6.07) is 11.6. The lowest BCUT2D eigenvalue weighted by molar-refractivity contribution is -0.123. The van der Waals surface area contributed by atoms with Gasteiger partial charge in [0, 0.05) is 31.5 Å². The maximum absolute atomic E-state index is 11.6. The number of piperidine rings is 1. The number of hydrogen-bond donors (Lipinski definition) is 0. The van der Waals surface area contributed by atoms with E-state index in [0.717, 1.165) is 19.0 Å². The van der Waals surface area contributed by atoms with Crippen LogP contribution in [0.5, 0.6) is 0 Å². The molecule has 1 aliphatic carbocycles. The Hall–Kier alpha value is -1.15. The molecule has 1 heterocycles. The minimum Gasteiger partial charge on any atom is -0.300 e. The molecule has 0 amide bonds. The van der Waals surface area contributed by atoms with Gasteiger partial charge in [0.05, 0.1) is 0 Å². The van der Waals surface area contributed by atoms with Gasteiger partial charge in [-0.05, 0) is 18.4 Å². The van der Waals surface area contributed by atoms with Gasteiger partial charge in [-0.3, -0.25) is 9.69 Å². The number of nitrogens with zero attached hydrogens (tertiary/aromatic N) is 1. The van der Waals surface area contributed by atoms with Gasteiger partial charge in [0.25, 0.3) is 0 Å². The molecule has 2 aliphatic rings. The van der Waals surface area contributed by atoms with E-state index < -0.39 is 0 Å². The van der Waals surface area contributed by atoms with Crippen LogP contribution in [0.25, 0.3) is 0 Å². The van der Waals surface area contributed by atoms with E-state index in [9.17, 15) is 4.79 Å². The van der Waals surface area contributed by atoms with Gasteiger partial charge in [0.1, 0.15) is 5.78 Å². The zero-order valence-corrected chi connectivity index (χ0v) is 9.43. The largest absolute Gasteiger partial charge is 0.300 e. The van der Waals surface area contributed by atoms with Gasteiger partial charge >= 0.3 is 0 Å². The Kier molecular flexibility index (Phi) is 2.52. The Morgan fingerprint density at radius 1 is 1.12 bits per heavy atom. The summed E-state index contributed by atoms with van der Waals surface area (Å²) in [6.45, 7) is 0.961. The van der Waals surface area contributed by atoms with Crippen LogP contribution in [0.4, 0.5) is 0 Å². The highest BCUT2D eigenvalue weighted by atomic mass is 16.1. The first-order chi connectivity index (χ1) is 7.84. The molecule has 2 fully saturated rings. The van der Waals surface area contributed by atoms with E-state index in [-0.39, 0.29) is 0 Å². The molecule has 0 bridgehead atoms. The summed E-state index contributed by atoms with van der Waals surface area (Å²) in [4.78, 5) is 14.1. The molecule has 1 aromatic rings. The maximum Gasteiger partial charge on any atom is 0.136 e. The van der Waals surface area contributed by atoms with Gasteiger partial charge in [-0.2, -0.15) is 0 Å². The van der Waals surface area contributed by atoms with Crippen LogP contribution in [-0.4, -0.2) is 23.3 Å². The second-order valence-corrected chi connectivity index (χ2v) is 4.89. The van der Waals surface area contributed by atoms with Crippen molar-refractivity contribution in [3.63, 3.8) is 0 Å². The van der Waals surface area contributed by atoms with E-state index in [1.165, 1.54) is 18.4 Å². The van der Waals surface area contributed by atoms with Crippen molar-refractivity contribution in [1.29, 1.82) is 0 Å². The maximum atomic E-state index is 11.6. The van der Waals surface area contributed by atoms with Crippen molar-refractivity contribution in [2.75, 3.05) is 6.54 Å². The molecule has 16 heavy (non-hydrogen) atoms. The van der Waals surface area contributed by atoms with Gasteiger partial charge < -0.3 is 0 Å². The molecule has 0 radical (unpaired) electrons. The van der Waals surface area contributed by atoms with E-state index in [0.29, 0.717) is 18.2 Å². The Morgan fingerprint density at radius 3 is 2.56 bits per heavy atom. The molecule has 3 rings (SSSR count). The van der Waals surface area contributed by atoms with Crippen molar-refractivity contribution in [2.45, 2.75) is 37.8 Å². The number of Topliss-reactive ketones (excluding diaryl/α,β-unsaturated/α-hetero) is 1. The van der Waals surface area contributed by atoms with Crippen molar-refractivity contribution >= 4 is 5.78 Å². The molecule has 1 atom stereocenters. The second-order valence-electron chi connectivity index (χ2n) is 4.89. The van der Waals surface area contributed by atoms with E-state index in [2.05, 4.69) is 29.2 Å². The van der Waals surface area contributed by atoms with Crippen molar-refractivity contribution in [2.24, 2.45) is 0 Å². The number of likely N-dealkylation sites (tertiary alicyclic amines) is 1. The first kappa shape index (κ1) is 10.0. The Labute approximate surface area is 96.3 Å². The minimum absolute atomic E-state index is 0.343. The summed E-state index contributed by atoms with van der Waals surface area (Å²) in [7, 11) is 0. The molecule has 1 saturated carbocycles. The third-order valence-corrected chi connectivity index (χ3v) is 3.67. The Balaban J connectivity index is 1.86. The van der Waals surface area contributed by atoms with Crippen LogP contribution in [0.3, 0.4) is 0 Å². The van der Waals surface area contributed by atoms with Crippen molar-refractivity contribution in [1.82, 2.24) is 4.90 Å². The quantitative estimate of drug-likeness (QED) is 0.755. The molecule has 0 aromatic heterocycles. The second kappa shape index (κ2) is 4.02. The monoisotopic (exact) mass is 215 g/mol. The first-order valence-corrected chi connectivity index (χ1v) is 6.17. The summed E-state index contributed by atoms with van der Waals surface area (Å²) in [5, 5.41) is 0. The van der Waals surface area contributed by atoms with E-state index >= 15 is 0 Å². The highest BCUT2D eigenvalue weighted by Gasteiger charge is 2.37. The Morgan fingerprint density at radius 2 is 1.88 bits per heavy atom. The van der Waals surface area contributed by atoms with Crippen LogP contribution in [0.2, 0.25) is 0 Å². The predicted molar refractivity (Wildman–Crippen MR) is 63.2 cm³/mol. The fraction of sp³-hybridized carbons (Fsp3) is 0.500. The van der Waals surface area contributed by atoms with Gasteiger partial charge in [-0.15, -0.1) is 0 Å². The molecular formula is C14H17NO. The van der Waals surface area contributed by atoms with Gasteiger partial charge in [-0.1, -0.05) is 30.3 Å². The lowest BCUT2D eigenvalue weighted by Gasteiger charge is -2.35. The van der Waals surface area contributed by atoms with E-state index in [4.69, 9.17) is 0 Å². The van der Waals surface area contributed by atoms with Crippen LogP contribution in [-0.2, 0) is 4.79 Å². The summed E-state index contributed by atoms with van der Waals surface area (Å²) in [6.07, 6.45) is 4.09. The Bertz CT molecular complexity index is 383. The molecule has 1 aromatic carbocycles. The normalized spacial score (nSPS) is 27.0. The number of carbonyl (C=O) groups excluding carboxylic acids is 1. The summed E-state index contributed by atoms with van der Waals surface area (Å²) >= 11 is 0. The van der Waals surface area contributed by atoms with Crippen molar-refractivity contribution in [3.8, 4) is 0 Å². The molecule has 2 nitrogen and oxygen atoms in total. The minimum atomic E-state index is 0.343. The zero-order chi connectivity index (χ0) is 11.0. The molecular weight excluding hydrogens is 198 g/mol. The number of ketones is 1. The smallest absolute Gasteiger partial charge is 0.136 e. The van der Waals surface area contributed by atoms with Gasteiger partial charge in [0.2, 0.25) is 0 Å². The van der Waals surface area contributed by atoms with Crippen LogP contribution in [0, 0.1) is 0 Å². The zero-order valence-electron chi connectivity index (χ0n) is 9.43. The average Bonchev–Trinajstić information content (AvgIpc) is 3.14. The molecule has 0 N–H and O–H groups in total. The number of benzene rings is 1. The molecule has 1 saturated heterocycles. The fourth-order valence-electron chi connectivity index (χ4n) is 2.67. The molecule has 84 valence electrons. The number of carbonyl (C=O) groups is 1.